The van der Waals surface area contributed by atoms with Crippen molar-refractivity contribution in [3.8, 4) is 0 Å². The normalized spacial score (nSPS) is 14.5. The van der Waals surface area contributed by atoms with E-state index in [4.69, 9.17) is 5.11 Å². The molecule has 0 radical (unpaired) electrons. The van der Waals surface area contributed by atoms with Gasteiger partial charge in [0.25, 0.3) is 0 Å². The van der Waals surface area contributed by atoms with Crippen molar-refractivity contribution in [1.82, 2.24) is 5.32 Å². The van der Waals surface area contributed by atoms with Gasteiger partial charge in [0.1, 0.15) is 5.41 Å². The Bertz CT molecular complexity index is 606. The fourth-order valence-electron chi connectivity index (χ4n) is 1.89. The molecule has 0 aliphatic heterocycles. The van der Waals surface area contributed by atoms with Crippen LogP contribution in [0.3, 0.4) is 0 Å². The minimum absolute atomic E-state index is 0.358. The number of carbonyl (C=O) groups is 3. The van der Waals surface area contributed by atoms with Gasteiger partial charge < -0.3 is 21.1 Å². The number of amides is 3. The molecule has 1 fully saturated rings. The molecule has 0 atom stereocenters. The van der Waals surface area contributed by atoms with Crippen molar-refractivity contribution in [3.05, 3.63) is 36.9 Å². The van der Waals surface area contributed by atoms with Crippen LogP contribution in [0.5, 0.6) is 0 Å². The van der Waals surface area contributed by atoms with Gasteiger partial charge in [0.05, 0.1) is 0 Å². The van der Waals surface area contributed by atoms with Gasteiger partial charge in [-0.1, -0.05) is 6.08 Å². The first kappa shape index (κ1) is 15.6. The van der Waals surface area contributed by atoms with Gasteiger partial charge in [-0.25, -0.2) is 4.79 Å². The third kappa shape index (κ3) is 3.43. The molecule has 0 aromatic heterocycles. The van der Waals surface area contributed by atoms with Crippen LogP contribution in [0.2, 0.25) is 0 Å². The third-order valence-electron chi connectivity index (χ3n) is 3.40. The number of carboxylic acid groups (broad SMARTS) is 1. The highest BCUT2D eigenvalue weighted by molar-refractivity contribution is 6.10. The van der Waals surface area contributed by atoms with E-state index in [1.807, 2.05) is 0 Å². The number of hydrogen-bond donors (Lipinski definition) is 4. The molecule has 1 aromatic rings. The average molecular weight is 303 g/mol. The summed E-state index contributed by atoms with van der Waals surface area (Å²) in [5.74, 6) is -1.60. The number of anilines is 2. The van der Waals surface area contributed by atoms with E-state index >= 15 is 0 Å². The van der Waals surface area contributed by atoms with Crippen molar-refractivity contribution in [3.63, 3.8) is 0 Å². The van der Waals surface area contributed by atoms with Gasteiger partial charge in [-0.15, -0.1) is 6.58 Å². The lowest BCUT2D eigenvalue weighted by atomic mass is 10.1. The van der Waals surface area contributed by atoms with E-state index in [0.29, 0.717) is 30.8 Å². The summed E-state index contributed by atoms with van der Waals surface area (Å²) in [6.45, 7) is 3.85. The second-order valence-corrected chi connectivity index (χ2v) is 5.04. The minimum Gasteiger partial charge on any atom is -0.480 e. The molecule has 116 valence electrons. The van der Waals surface area contributed by atoms with Gasteiger partial charge in [-0.3, -0.25) is 9.59 Å². The van der Waals surface area contributed by atoms with Gasteiger partial charge in [0.2, 0.25) is 5.91 Å². The number of rotatable bonds is 6. The topological polar surface area (TPSA) is 108 Å². The van der Waals surface area contributed by atoms with Crippen LogP contribution >= 0.6 is 0 Å². The van der Waals surface area contributed by atoms with Gasteiger partial charge in [0.15, 0.2) is 0 Å². The Balaban J connectivity index is 1.92. The molecule has 4 N–H and O–H groups in total. The zero-order valence-corrected chi connectivity index (χ0v) is 11.9. The van der Waals surface area contributed by atoms with Crippen LogP contribution in [-0.2, 0) is 9.59 Å². The Hall–Kier alpha value is -2.83. The maximum Gasteiger partial charge on any atom is 0.319 e. The van der Waals surface area contributed by atoms with Crippen LogP contribution in [0.4, 0.5) is 16.2 Å². The molecule has 0 spiro atoms. The third-order valence-corrected chi connectivity index (χ3v) is 3.40. The largest absolute Gasteiger partial charge is 0.480 e. The van der Waals surface area contributed by atoms with Crippen LogP contribution < -0.4 is 16.0 Å². The number of carbonyl (C=O) groups excluding carboxylic acids is 2. The summed E-state index contributed by atoms with van der Waals surface area (Å²) >= 11 is 0. The van der Waals surface area contributed by atoms with Gasteiger partial charge in [-0.05, 0) is 37.1 Å². The molecule has 7 heteroatoms. The highest BCUT2D eigenvalue weighted by Crippen LogP contribution is 2.46. The van der Waals surface area contributed by atoms with E-state index in [0.717, 1.165) is 0 Å². The predicted molar refractivity (Wildman–Crippen MR) is 81.6 cm³/mol. The molecule has 22 heavy (non-hydrogen) atoms. The lowest BCUT2D eigenvalue weighted by molar-refractivity contribution is -0.147. The van der Waals surface area contributed by atoms with E-state index in [1.54, 1.807) is 30.3 Å². The van der Waals surface area contributed by atoms with Crippen molar-refractivity contribution >= 4 is 29.3 Å². The smallest absolute Gasteiger partial charge is 0.319 e. The first-order chi connectivity index (χ1) is 10.5. The summed E-state index contributed by atoms with van der Waals surface area (Å²) in [5, 5.41) is 16.8. The quantitative estimate of drug-likeness (QED) is 0.474. The lowest BCUT2D eigenvalue weighted by Gasteiger charge is -2.11. The van der Waals surface area contributed by atoms with E-state index < -0.39 is 17.3 Å². The molecule has 1 saturated carbocycles. The zero-order valence-electron chi connectivity index (χ0n) is 11.9. The molecule has 0 heterocycles. The summed E-state index contributed by atoms with van der Waals surface area (Å²) in [6, 6.07) is 6.06. The summed E-state index contributed by atoms with van der Waals surface area (Å²) < 4.78 is 0. The van der Waals surface area contributed by atoms with E-state index in [2.05, 4.69) is 22.5 Å². The van der Waals surface area contributed by atoms with Crippen molar-refractivity contribution in [2.45, 2.75) is 12.8 Å². The van der Waals surface area contributed by atoms with E-state index in [-0.39, 0.29) is 6.03 Å². The highest BCUT2D eigenvalue weighted by atomic mass is 16.4. The summed E-state index contributed by atoms with van der Waals surface area (Å²) in [4.78, 5) is 34.4. The van der Waals surface area contributed by atoms with Crippen LogP contribution in [0.1, 0.15) is 12.8 Å². The van der Waals surface area contributed by atoms with Crippen LogP contribution in [-0.4, -0.2) is 29.6 Å². The standard InChI is InChI=1S/C15H17N3O4/c1-2-9-16-14(22)18-11-5-3-10(4-6-11)17-12(19)15(7-8-15)13(20)21/h2-6H,1,7-9H2,(H,17,19)(H,20,21)(H2,16,18,22). The summed E-state index contributed by atoms with van der Waals surface area (Å²) in [5.41, 5.74) is -0.241. The Morgan fingerprint density at radius 3 is 2.14 bits per heavy atom. The van der Waals surface area contributed by atoms with Crippen molar-refractivity contribution in [2.75, 3.05) is 17.2 Å². The fourth-order valence-corrected chi connectivity index (χ4v) is 1.89. The average Bonchev–Trinajstić information content (AvgIpc) is 3.29. The maximum absolute atomic E-state index is 11.9. The van der Waals surface area contributed by atoms with Crippen molar-refractivity contribution in [2.24, 2.45) is 5.41 Å². The Morgan fingerprint density at radius 1 is 1.14 bits per heavy atom. The van der Waals surface area contributed by atoms with Crippen LogP contribution in [0.15, 0.2) is 36.9 Å². The molecule has 1 aliphatic rings. The maximum atomic E-state index is 11.9. The Kier molecular flexibility index (Phi) is 4.45. The molecule has 0 unspecified atom stereocenters. The monoisotopic (exact) mass is 303 g/mol. The number of benzene rings is 1. The van der Waals surface area contributed by atoms with Crippen LogP contribution in [0.25, 0.3) is 0 Å². The SMILES string of the molecule is C=CCNC(=O)Nc1ccc(NC(=O)C2(C(=O)O)CC2)cc1. The number of nitrogens with one attached hydrogen (secondary N) is 3. The van der Waals surface area contributed by atoms with E-state index in [9.17, 15) is 14.4 Å². The second kappa shape index (κ2) is 6.30. The first-order valence-electron chi connectivity index (χ1n) is 6.78. The zero-order chi connectivity index (χ0) is 16.2. The molecule has 1 aromatic carbocycles. The number of hydrogen-bond acceptors (Lipinski definition) is 3. The molecular weight excluding hydrogens is 286 g/mol. The predicted octanol–water partition coefficient (Wildman–Crippen LogP) is 1.80. The van der Waals surface area contributed by atoms with E-state index in [1.165, 1.54) is 0 Å². The van der Waals surface area contributed by atoms with Gasteiger partial charge >= 0.3 is 12.0 Å². The minimum atomic E-state index is -1.28. The summed E-state index contributed by atoms with van der Waals surface area (Å²) in [7, 11) is 0. The molecular formula is C15H17N3O4. The van der Waals surface area contributed by atoms with Crippen molar-refractivity contribution in [1.29, 1.82) is 0 Å². The van der Waals surface area contributed by atoms with Crippen LogP contribution in [0, 0.1) is 5.41 Å². The highest BCUT2D eigenvalue weighted by Gasteiger charge is 2.57. The summed E-state index contributed by atoms with van der Waals surface area (Å²) in [6.07, 6.45) is 2.28. The molecule has 7 nitrogen and oxygen atoms in total. The first-order valence-corrected chi connectivity index (χ1v) is 6.78. The second-order valence-electron chi connectivity index (χ2n) is 5.04. The fraction of sp³-hybridized carbons (Fsp3) is 0.267. The van der Waals surface area contributed by atoms with Gasteiger partial charge in [-0.2, -0.15) is 0 Å². The molecule has 0 saturated heterocycles. The lowest BCUT2D eigenvalue weighted by Crippen LogP contribution is -2.31. The molecule has 3 amide bonds. The molecule has 2 rings (SSSR count). The molecule has 0 bridgehead atoms. The number of urea groups is 1. The van der Waals surface area contributed by atoms with Crippen molar-refractivity contribution < 1.29 is 19.5 Å². The number of aliphatic carboxylic acids is 1. The number of carboxylic acids is 1. The Labute approximate surface area is 127 Å². The molecule has 1 aliphatic carbocycles. The van der Waals surface area contributed by atoms with Gasteiger partial charge in [0, 0.05) is 17.9 Å². The Morgan fingerprint density at radius 2 is 1.68 bits per heavy atom.